The highest BCUT2D eigenvalue weighted by Gasteiger charge is 2.55. The second kappa shape index (κ2) is 20.1. The van der Waals surface area contributed by atoms with E-state index in [4.69, 9.17) is 42.6 Å². The molecule has 6 aliphatic rings. The molecule has 4 heterocycles. The molecule has 0 radical (unpaired) electrons. The third-order valence-corrected chi connectivity index (χ3v) is 12.2. The maximum atomic E-state index is 14.1. The Bertz CT molecular complexity index is 1770. The van der Waals surface area contributed by atoms with E-state index in [0.29, 0.717) is 0 Å². The van der Waals surface area contributed by atoms with Crippen LogP contribution in [0.2, 0.25) is 0 Å². The van der Waals surface area contributed by atoms with E-state index in [0.717, 1.165) is 43.2 Å². The summed E-state index contributed by atoms with van der Waals surface area (Å²) >= 11 is 1.55. The molecular formula is C37H48O22S2. The van der Waals surface area contributed by atoms with Gasteiger partial charge in [-0.1, -0.05) is 12.2 Å². The third kappa shape index (κ3) is 9.68. The summed E-state index contributed by atoms with van der Waals surface area (Å²) in [7, 11) is 1.12. The Morgan fingerprint density at radius 3 is 1.51 bits per heavy atom. The molecule has 9 N–H and O–H groups in total. The molecule has 0 saturated carbocycles. The molecule has 18 unspecified atom stereocenters. The molecule has 2 aliphatic carbocycles. The fourth-order valence-corrected chi connectivity index (χ4v) is 8.58. The highest BCUT2D eigenvalue weighted by molar-refractivity contribution is 8.12. The lowest BCUT2D eigenvalue weighted by Crippen LogP contribution is -2.60. The van der Waals surface area contributed by atoms with Gasteiger partial charge in [0.25, 0.3) is 0 Å². The summed E-state index contributed by atoms with van der Waals surface area (Å²) in [4.78, 5) is 50.8. The molecule has 4 aliphatic heterocycles. The minimum atomic E-state index is -1.97. The Morgan fingerprint density at radius 2 is 1.05 bits per heavy atom. The number of ketones is 1. The van der Waals surface area contributed by atoms with Gasteiger partial charge >= 0.3 is 16.6 Å². The summed E-state index contributed by atoms with van der Waals surface area (Å²) in [5.74, 6) is -6.03. The number of ether oxygens (including phenoxy) is 9. The highest BCUT2D eigenvalue weighted by Crippen LogP contribution is 2.47. The molecule has 0 aromatic carbocycles. The monoisotopic (exact) mass is 908 g/mol. The van der Waals surface area contributed by atoms with Gasteiger partial charge in [0.15, 0.2) is 18.4 Å². The van der Waals surface area contributed by atoms with E-state index in [1.165, 1.54) is 24.7 Å². The molecule has 61 heavy (non-hydrogen) atoms. The van der Waals surface area contributed by atoms with Gasteiger partial charge in [-0.05, 0) is 47.2 Å². The standard InChI is InChI=1S/C37H48O22S2/c1-51-31(48)15-11-53-33(22-13(5-18(41)24(15)22)9-55-37(50)61-3)58-34-29(46)27(44)25(42)19(56-34)6-16(39)14-10-52-32(59-35-30(47)28(45)26(43)20(7-38)57-35)21-12(4-17(40)23(14)21)8-54-36(49)60-2/h4-5,10-11,17-30,32-35,38,40-47H,6-9H2,1-3H3. The van der Waals surface area contributed by atoms with Crippen LogP contribution in [0.3, 0.4) is 0 Å². The van der Waals surface area contributed by atoms with E-state index < -0.39 is 152 Å². The zero-order chi connectivity index (χ0) is 44.4. The lowest BCUT2D eigenvalue weighted by atomic mass is 9.79. The number of aliphatic hydroxyl groups excluding tert-OH is 9. The fraction of sp³-hybridized carbons (Fsp3) is 0.676. The molecule has 340 valence electrons. The first kappa shape index (κ1) is 47.3. The first-order valence-corrected chi connectivity index (χ1v) is 21.3. The van der Waals surface area contributed by atoms with Crippen LogP contribution in [0.25, 0.3) is 0 Å². The maximum Gasteiger partial charge on any atom is 0.367 e. The van der Waals surface area contributed by atoms with Crippen molar-refractivity contribution in [3.8, 4) is 0 Å². The Morgan fingerprint density at radius 1 is 0.607 bits per heavy atom. The van der Waals surface area contributed by atoms with Gasteiger partial charge in [0, 0.05) is 23.8 Å². The SMILES string of the molecule is COC(=O)C1=COC(OC2OC(CC(=O)C3=COC(OC4OC(CO)C(O)C(O)C4O)C4C(COC(=O)SC)=CC(O)C34)C(O)C(O)C2O)C2C(COC(=O)SC)=CC(O)C12. The van der Waals surface area contributed by atoms with E-state index in [1.54, 1.807) is 0 Å². The van der Waals surface area contributed by atoms with Crippen LogP contribution in [0.1, 0.15) is 6.42 Å². The minimum absolute atomic E-state index is 0.0809. The number of fused-ring (bicyclic) bond motifs is 2. The van der Waals surface area contributed by atoms with E-state index in [-0.39, 0.29) is 28.9 Å². The Labute approximate surface area is 355 Å². The topological polar surface area (TPSA) is 333 Å². The van der Waals surface area contributed by atoms with E-state index in [1.807, 2.05) is 0 Å². The van der Waals surface area contributed by atoms with E-state index in [9.17, 15) is 65.1 Å². The molecule has 24 heteroatoms. The van der Waals surface area contributed by atoms with Crippen molar-refractivity contribution in [1.29, 1.82) is 0 Å². The average Bonchev–Trinajstić information content (AvgIpc) is 3.78. The van der Waals surface area contributed by atoms with Crippen molar-refractivity contribution in [3.05, 3.63) is 47.0 Å². The number of Topliss-reactive ketones (excluding diaryl/α,β-unsaturated/α-hetero) is 1. The molecule has 0 amide bonds. The number of rotatable bonds is 13. The first-order valence-electron chi connectivity index (χ1n) is 18.9. The van der Waals surface area contributed by atoms with Crippen LogP contribution in [-0.4, -0.2) is 194 Å². The lowest BCUT2D eigenvalue weighted by molar-refractivity contribution is -0.340. The van der Waals surface area contributed by atoms with Crippen LogP contribution < -0.4 is 0 Å². The summed E-state index contributed by atoms with van der Waals surface area (Å²) in [5, 5.41) is 94.8. The van der Waals surface area contributed by atoms with Crippen LogP contribution in [0.15, 0.2) is 47.0 Å². The predicted molar refractivity (Wildman–Crippen MR) is 202 cm³/mol. The van der Waals surface area contributed by atoms with Gasteiger partial charge in [-0.15, -0.1) is 0 Å². The van der Waals surface area contributed by atoms with Gasteiger partial charge < -0.3 is 88.6 Å². The Hall–Kier alpha value is -3.18. The molecule has 22 nitrogen and oxygen atoms in total. The minimum Gasteiger partial charge on any atom is -0.471 e. The van der Waals surface area contributed by atoms with Gasteiger partial charge in [0.2, 0.25) is 12.6 Å². The van der Waals surface area contributed by atoms with Gasteiger partial charge in [0.1, 0.15) is 55.9 Å². The van der Waals surface area contributed by atoms with Crippen molar-refractivity contribution >= 4 is 45.9 Å². The number of carbonyl (C=O) groups excluding carboxylic acids is 4. The van der Waals surface area contributed by atoms with Crippen molar-refractivity contribution in [2.75, 3.05) is 39.4 Å². The molecule has 2 saturated heterocycles. The smallest absolute Gasteiger partial charge is 0.367 e. The number of thioether (sulfide) groups is 2. The number of hydrogen-bond acceptors (Lipinski definition) is 24. The molecular weight excluding hydrogens is 861 g/mol. The van der Waals surface area contributed by atoms with Gasteiger partial charge in [0.05, 0.1) is 62.0 Å². The first-order chi connectivity index (χ1) is 29.0. The van der Waals surface area contributed by atoms with Crippen molar-refractivity contribution in [1.82, 2.24) is 0 Å². The van der Waals surface area contributed by atoms with Gasteiger partial charge in [-0.3, -0.25) is 4.79 Å². The van der Waals surface area contributed by atoms with E-state index >= 15 is 0 Å². The van der Waals surface area contributed by atoms with Gasteiger partial charge in [-0.2, -0.15) is 0 Å². The second-order valence-corrected chi connectivity index (χ2v) is 16.3. The third-order valence-electron chi connectivity index (χ3n) is 11.3. The quantitative estimate of drug-likeness (QED) is 0.0516. The summed E-state index contributed by atoms with van der Waals surface area (Å²) in [6.07, 6.45) is -16.5. The maximum absolute atomic E-state index is 14.1. The zero-order valence-electron chi connectivity index (χ0n) is 32.7. The molecule has 0 bridgehead atoms. The number of carbonyl (C=O) groups is 4. The highest BCUT2D eigenvalue weighted by atomic mass is 32.2. The number of methoxy groups -OCH3 is 1. The van der Waals surface area contributed by atoms with Gasteiger partial charge in [-0.25, -0.2) is 14.4 Å². The predicted octanol–water partition coefficient (Wildman–Crippen LogP) is -2.69. The molecule has 2 fully saturated rings. The molecule has 0 spiro atoms. The van der Waals surface area contributed by atoms with Crippen molar-refractivity contribution in [2.24, 2.45) is 23.7 Å². The number of esters is 1. The molecule has 18 atom stereocenters. The molecule has 0 aromatic rings. The van der Waals surface area contributed by atoms with Crippen LogP contribution >= 0.6 is 23.5 Å². The summed E-state index contributed by atoms with van der Waals surface area (Å²) < 4.78 is 50.1. The van der Waals surface area contributed by atoms with Crippen molar-refractivity contribution in [3.63, 3.8) is 0 Å². The second-order valence-electron chi connectivity index (χ2n) is 14.8. The number of aliphatic hydroxyl groups is 9. The lowest BCUT2D eigenvalue weighted by Gasteiger charge is -2.44. The zero-order valence-corrected chi connectivity index (χ0v) is 34.3. The normalized spacial score (nSPS) is 40.5. The van der Waals surface area contributed by atoms with Crippen molar-refractivity contribution in [2.45, 2.75) is 92.6 Å². The van der Waals surface area contributed by atoms with Crippen LogP contribution in [-0.2, 0) is 52.2 Å². The Balaban J connectivity index is 1.22. The van der Waals surface area contributed by atoms with Crippen LogP contribution in [0, 0.1) is 23.7 Å². The largest absolute Gasteiger partial charge is 0.471 e. The molecule has 6 rings (SSSR count). The van der Waals surface area contributed by atoms with Crippen LogP contribution in [0.4, 0.5) is 9.59 Å². The average molecular weight is 909 g/mol. The van der Waals surface area contributed by atoms with Crippen molar-refractivity contribution < 1.29 is 108 Å². The number of hydrogen-bond donors (Lipinski definition) is 9. The summed E-state index contributed by atoms with van der Waals surface area (Å²) in [6.45, 7) is -1.51. The van der Waals surface area contributed by atoms with Crippen LogP contribution in [0.5, 0.6) is 0 Å². The summed E-state index contributed by atoms with van der Waals surface area (Å²) in [6, 6.07) is 0. The van der Waals surface area contributed by atoms with E-state index in [2.05, 4.69) is 0 Å². The fourth-order valence-electron chi connectivity index (χ4n) is 8.23. The summed E-state index contributed by atoms with van der Waals surface area (Å²) in [5.41, 5.74) is 0.229. The molecule has 0 aromatic heterocycles. The Kier molecular flexibility index (Phi) is 15.6.